The number of nitrogens with zero attached hydrogens (tertiary/aromatic N) is 2. The van der Waals surface area contributed by atoms with E-state index in [1.807, 2.05) is 49.1 Å². The zero-order valence-electron chi connectivity index (χ0n) is 18.3. The predicted molar refractivity (Wildman–Crippen MR) is 155 cm³/mol. The summed E-state index contributed by atoms with van der Waals surface area (Å²) in [7, 11) is 0. The minimum atomic E-state index is 0.666. The van der Waals surface area contributed by atoms with Gasteiger partial charge in [-0.2, -0.15) is 0 Å². The molecule has 0 unspecified atom stereocenters. The lowest BCUT2D eigenvalue weighted by Crippen LogP contribution is -1.98. The standard InChI is InChI=1S/C28H22Br2N4/c29-13-19-15-31-25-9-21-5-1-2-6-22(21)10-26(25)32-16-20(14-30)18-34-28-12-24-8-4-3-7-23(24)11-27(28)33-17-19/h1-12,15-18,31,34H,13-14H2/b19-15-,20-18-,32-16?,33-17?. The average Bonchev–Trinajstić information content (AvgIpc) is 2.88. The second-order valence-electron chi connectivity index (χ2n) is 7.94. The molecule has 0 radical (unpaired) electrons. The third-order valence-electron chi connectivity index (χ3n) is 5.60. The molecule has 0 bridgehead atoms. The van der Waals surface area contributed by atoms with Crippen molar-refractivity contribution in [2.45, 2.75) is 0 Å². The molecule has 5 rings (SSSR count). The highest BCUT2D eigenvalue weighted by molar-refractivity contribution is 9.09. The van der Waals surface area contributed by atoms with E-state index >= 15 is 0 Å². The molecule has 0 spiro atoms. The Morgan fingerprint density at radius 2 is 0.941 bits per heavy atom. The first kappa shape index (κ1) is 22.6. The summed E-state index contributed by atoms with van der Waals surface area (Å²) in [4.78, 5) is 9.67. The lowest BCUT2D eigenvalue weighted by atomic mass is 10.1. The van der Waals surface area contributed by atoms with Gasteiger partial charge in [0.15, 0.2) is 0 Å². The van der Waals surface area contributed by atoms with Crippen molar-refractivity contribution in [1.29, 1.82) is 0 Å². The predicted octanol–water partition coefficient (Wildman–Crippen LogP) is 8.49. The zero-order valence-corrected chi connectivity index (χ0v) is 21.5. The summed E-state index contributed by atoms with van der Waals surface area (Å²) in [6.45, 7) is 0. The maximum atomic E-state index is 4.83. The molecule has 0 aromatic heterocycles. The molecule has 0 fully saturated rings. The van der Waals surface area contributed by atoms with Crippen LogP contribution in [0, 0.1) is 0 Å². The van der Waals surface area contributed by atoms with Crippen molar-refractivity contribution in [2.75, 3.05) is 21.3 Å². The first-order valence-corrected chi connectivity index (χ1v) is 13.1. The van der Waals surface area contributed by atoms with Gasteiger partial charge in [-0.3, -0.25) is 9.98 Å². The van der Waals surface area contributed by atoms with Crippen LogP contribution in [0.4, 0.5) is 22.7 Å². The number of hydrogen-bond acceptors (Lipinski definition) is 4. The van der Waals surface area contributed by atoms with Crippen LogP contribution < -0.4 is 10.6 Å². The van der Waals surface area contributed by atoms with Crippen LogP contribution in [0.2, 0.25) is 0 Å². The monoisotopic (exact) mass is 572 g/mol. The molecular formula is C28H22Br2N4. The lowest BCUT2D eigenvalue weighted by Gasteiger charge is -2.12. The number of aliphatic imine (C=N–C) groups is 2. The van der Waals surface area contributed by atoms with Gasteiger partial charge < -0.3 is 10.6 Å². The average molecular weight is 574 g/mol. The molecule has 1 aliphatic heterocycles. The van der Waals surface area contributed by atoms with Crippen LogP contribution in [-0.2, 0) is 0 Å². The van der Waals surface area contributed by atoms with Crippen molar-refractivity contribution in [3.8, 4) is 0 Å². The van der Waals surface area contributed by atoms with Gasteiger partial charge in [0.2, 0.25) is 0 Å². The van der Waals surface area contributed by atoms with E-state index in [0.717, 1.165) is 55.4 Å². The Morgan fingerprint density at radius 3 is 1.32 bits per heavy atom. The molecule has 4 aromatic rings. The number of alkyl halides is 2. The quantitative estimate of drug-likeness (QED) is 0.236. The van der Waals surface area contributed by atoms with Crippen molar-refractivity contribution >= 4 is 88.6 Å². The molecular weight excluding hydrogens is 552 g/mol. The number of halogens is 2. The van der Waals surface area contributed by atoms with E-state index in [2.05, 4.69) is 91.0 Å². The van der Waals surface area contributed by atoms with Gasteiger partial charge in [-0.1, -0.05) is 80.4 Å². The summed E-state index contributed by atoms with van der Waals surface area (Å²) in [6.07, 6.45) is 7.73. The summed E-state index contributed by atoms with van der Waals surface area (Å²) in [5, 5.41) is 12.9. The van der Waals surface area contributed by atoms with E-state index in [0.29, 0.717) is 10.7 Å². The number of rotatable bonds is 2. The molecule has 4 aromatic carbocycles. The van der Waals surface area contributed by atoms with Crippen LogP contribution in [-0.4, -0.2) is 23.1 Å². The van der Waals surface area contributed by atoms with Crippen LogP contribution >= 0.6 is 31.9 Å². The van der Waals surface area contributed by atoms with Crippen molar-refractivity contribution in [3.05, 3.63) is 96.3 Å². The number of anilines is 2. The number of allylic oxidation sites excluding steroid dienone is 2. The van der Waals surface area contributed by atoms with E-state index in [9.17, 15) is 0 Å². The van der Waals surface area contributed by atoms with Gasteiger partial charge in [-0.15, -0.1) is 0 Å². The smallest absolute Gasteiger partial charge is 0.0870 e. The molecule has 0 saturated heterocycles. The molecule has 168 valence electrons. The van der Waals surface area contributed by atoms with Crippen LogP contribution in [0.25, 0.3) is 21.5 Å². The fourth-order valence-corrected chi connectivity index (χ4v) is 4.38. The van der Waals surface area contributed by atoms with Crippen molar-refractivity contribution in [1.82, 2.24) is 0 Å². The molecule has 0 atom stereocenters. The third-order valence-corrected chi connectivity index (χ3v) is 6.90. The first-order chi connectivity index (χ1) is 16.7. The highest BCUT2D eigenvalue weighted by atomic mass is 79.9. The summed E-state index contributed by atoms with van der Waals surface area (Å²) in [5.74, 6) is 0. The second-order valence-corrected chi connectivity index (χ2v) is 9.07. The Morgan fingerprint density at radius 1 is 0.559 bits per heavy atom. The molecule has 6 heteroatoms. The van der Waals surface area contributed by atoms with Gasteiger partial charge in [-0.25, -0.2) is 0 Å². The Bertz CT molecular complexity index is 1370. The minimum Gasteiger partial charge on any atom is -0.360 e. The van der Waals surface area contributed by atoms with Crippen molar-refractivity contribution in [2.24, 2.45) is 9.98 Å². The minimum absolute atomic E-state index is 0.666. The normalized spacial score (nSPS) is 16.9. The lowest BCUT2D eigenvalue weighted by molar-refractivity contribution is 1.45. The third kappa shape index (κ3) is 4.98. The Hall–Kier alpha value is -3.22. The van der Waals surface area contributed by atoms with Gasteiger partial charge in [0.05, 0.1) is 22.7 Å². The fraction of sp³-hybridized carbons (Fsp3) is 0.0714. The maximum Gasteiger partial charge on any atom is 0.0870 e. The molecule has 4 nitrogen and oxygen atoms in total. The first-order valence-electron chi connectivity index (χ1n) is 10.9. The summed E-state index contributed by atoms with van der Waals surface area (Å²) in [6, 6.07) is 25.1. The molecule has 2 N–H and O–H groups in total. The van der Waals surface area contributed by atoms with Gasteiger partial charge in [0, 0.05) is 35.5 Å². The number of benzene rings is 4. The molecule has 1 aliphatic rings. The van der Waals surface area contributed by atoms with Crippen LogP contribution in [0.1, 0.15) is 0 Å². The largest absolute Gasteiger partial charge is 0.360 e. The Balaban J connectivity index is 1.64. The van der Waals surface area contributed by atoms with E-state index in [4.69, 9.17) is 9.98 Å². The molecule has 0 amide bonds. The number of nitrogens with one attached hydrogen (secondary N) is 2. The second kappa shape index (κ2) is 10.4. The topological polar surface area (TPSA) is 48.8 Å². The highest BCUT2D eigenvalue weighted by Gasteiger charge is 2.07. The fourth-order valence-electron chi connectivity index (χ4n) is 3.77. The van der Waals surface area contributed by atoms with Crippen LogP contribution in [0.5, 0.6) is 0 Å². The molecule has 0 saturated carbocycles. The summed E-state index contributed by atoms with van der Waals surface area (Å²) < 4.78 is 0. The zero-order chi connectivity index (χ0) is 23.3. The maximum absolute atomic E-state index is 4.83. The van der Waals surface area contributed by atoms with E-state index in [1.54, 1.807) is 0 Å². The van der Waals surface area contributed by atoms with E-state index in [-0.39, 0.29) is 0 Å². The molecule has 1 heterocycles. The Labute approximate surface area is 215 Å². The number of fused-ring (bicyclic) bond motifs is 4. The number of hydrogen-bond donors (Lipinski definition) is 2. The van der Waals surface area contributed by atoms with Gasteiger partial charge in [-0.05, 0) is 57.0 Å². The highest BCUT2D eigenvalue weighted by Crippen LogP contribution is 2.33. The van der Waals surface area contributed by atoms with E-state index < -0.39 is 0 Å². The Kier molecular flexibility index (Phi) is 6.88. The SMILES string of the molecule is BrC/C1=C/Nc2cc3ccccc3cc2N=C/C(CBr)=C\Nc2cc3ccccc3cc2N=C1. The van der Waals surface area contributed by atoms with Crippen LogP contribution in [0.3, 0.4) is 0 Å². The molecule has 0 aliphatic carbocycles. The van der Waals surface area contributed by atoms with Crippen LogP contribution in [0.15, 0.2) is 106 Å². The van der Waals surface area contributed by atoms with Crippen molar-refractivity contribution in [3.63, 3.8) is 0 Å². The summed E-state index contributed by atoms with van der Waals surface area (Å²) in [5.41, 5.74) is 5.64. The van der Waals surface area contributed by atoms with Gasteiger partial charge in [0.1, 0.15) is 0 Å². The van der Waals surface area contributed by atoms with Crippen molar-refractivity contribution < 1.29 is 0 Å². The van der Waals surface area contributed by atoms with Gasteiger partial charge >= 0.3 is 0 Å². The molecule has 34 heavy (non-hydrogen) atoms. The van der Waals surface area contributed by atoms with E-state index in [1.165, 1.54) is 0 Å². The van der Waals surface area contributed by atoms with Gasteiger partial charge in [0.25, 0.3) is 0 Å². The summed E-state index contributed by atoms with van der Waals surface area (Å²) >= 11 is 7.19.